The average Bonchev–Trinajstić information content (AvgIpc) is 3.00. The number of aromatic amines is 1. The van der Waals surface area contributed by atoms with Crippen molar-refractivity contribution in [2.45, 2.75) is 38.0 Å². The van der Waals surface area contributed by atoms with Crippen molar-refractivity contribution in [1.82, 2.24) is 25.3 Å². The molecule has 1 aliphatic rings. The number of carbonyl (C=O) groups excluding carboxylic acids is 1. The average molecular weight is 275 g/mol. The number of hydrogen-bond donors (Lipinski definition) is 3. The van der Waals surface area contributed by atoms with E-state index in [1.54, 1.807) is 23.1 Å². The molecule has 3 N–H and O–H groups in total. The van der Waals surface area contributed by atoms with Gasteiger partial charge in [-0.2, -0.15) is 10.2 Å². The molecule has 3 atom stereocenters. The Morgan fingerprint density at radius 3 is 3.10 bits per heavy atom. The van der Waals surface area contributed by atoms with Crippen molar-refractivity contribution < 1.29 is 9.90 Å². The Morgan fingerprint density at radius 1 is 1.65 bits per heavy atom. The third-order valence-corrected chi connectivity index (χ3v) is 3.59. The minimum atomic E-state index is -0.466. The Labute approximate surface area is 116 Å². The standard InChI is InChI=1S/C13H17N5O2/c1-8-6-15-18(7-8)13-10(5-11(13)19)16-12(20)4-9-2-3-14-17-9/h2-3,6-7,10-11,13,19H,4-5H2,1H3,(H,14,17)(H,16,20)/t10-,11+,13+/m0/s1. The number of aryl methyl sites for hydroxylation is 1. The first-order valence-corrected chi connectivity index (χ1v) is 6.60. The fourth-order valence-electron chi connectivity index (χ4n) is 2.53. The van der Waals surface area contributed by atoms with Gasteiger partial charge in [0.1, 0.15) is 0 Å². The van der Waals surface area contributed by atoms with E-state index in [1.807, 2.05) is 13.1 Å². The quantitative estimate of drug-likeness (QED) is 0.729. The first kappa shape index (κ1) is 12.9. The fourth-order valence-corrected chi connectivity index (χ4v) is 2.53. The Hall–Kier alpha value is -2.15. The van der Waals surface area contributed by atoms with E-state index >= 15 is 0 Å². The van der Waals surface area contributed by atoms with Crippen molar-refractivity contribution in [2.75, 3.05) is 0 Å². The summed E-state index contributed by atoms with van der Waals surface area (Å²) in [4.78, 5) is 11.9. The normalized spacial score (nSPS) is 25.2. The summed E-state index contributed by atoms with van der Waals surface area (Å²) in [7, 11) is 0. The van der Waals surface area contributed by atoms with Gasteiger partial charge in [0.2, 0.25) is 5.91 Å². The number of aromatic nitrogens is 4. The number of carbonyl (C=O) groups is 1. The molecule has 1 aliphatic carbocycles. The summed E-state index contributed by atoms with van der Waals surface area (Å²) in [6.07, 6.45) is 5.59. The predicted molar refractivity (Wildman–Crippen MR) is 70.8 cm³/mol. The van der Waals surface area contributed by atoms with Gasteiger partial charge in [-0.05, 0) is 25.0 Å². The van der Waals surface area contributed by atoms with Crippen molar-refractivity contribution in [1.29, 1.82) is 0 Å². The fraction of sp³-hybridized carbons (Fsp3) is 0.462. The third kappa shape index (κ3) is 2.44. The maximum atomic E-state index is 11.9. The number of rotatable bonds is 4. The summed E-state index contributed by atoms with van der Waals surface area (Å²) in [5.41, 5.74) is 1.81. The molecule has 0 aromatic carbocycles. The number of amides is 1. The zero-order valence-corrected chi connectivity index (χ0v) is 11.2. The highest BCUT2D eigenvalue weighted by Gasteiger charge is 2.42. The third-order valence-electron chi connectivity index (χ3n) is 3.59. The highest BCUT2D eigenvalue weighted by atomic mass is 16.3. The van der Waals surface area contributed by atoms with E-state index in [0.717, 1.165) is 11.3 Å². The number of nitrogens with zero attached hydrogens (tertiary/aromatic N) is 3. The molecule has 2 heterocycles. The first-order chi connectivity index (χ1) is 9.63. The topological polar surface area (TPSA) is 95.8 Å². The molecule has 1 saturated carbocycles. The summed E-state index contributed by atoms with van der Waals surface area (Å²) >= 11 is 0. The van der Waals surface area contributed by atoms with Gasteiger partial charge in [-0.25, -0.2) is 0 Å². The van der Waals surface area contributed by atoms with Crippen LogP contribution in [0.1, 0.15) is 23.7 Å². The first-order valence-electron chi connectivity index (χ1n) is 6.60. The van der Waals surface area contributed by atoms with Gasteiger partial charge in [-0.15, -0.1) is 0 Å². The molecule has 7 heteroatoms. The SMILES string of the molecule is Cc1cnn([C@H]2[C@H](O)C[C@@H]2NC(=O)Cc2ccn[nH]2)c1. The molecule has 2 aromatic heterocycles. The van der Waals surface area contributed by atoms with E-state index < -0.39 is 6.10 Å². The van der Waals surface area contributed by atoms with Crippen molar-refractivity contribution >= 4 is 5.91 Å². The van der Waals surface area contributed by atoms with Crippen LogP contribution in [0.5, 0.6) is 0 Å². The van der Waals surface area contributed by atoms with Gasteiger partial charge in [0.25, 0.3) is 0 Å². The molecule has 106 valence electrons. The van der Waals surface area contributed by atoms with Crippen molar-refractivity contribution in [3.8, 4) is 0 Å². The molecular weight excluding hydrogens is 258 g/mol. The van der Waals surface area contributed by atoms with Crippen LogP contribution in [0.25, 0.3) is 0 Å². The van der Waals surface area contributed by atoms with Gasteiger partial charge in [0.15, 0.2) is 0 Å². The number of aliphatic hydroxyl groups is 1. The van der Waals surface area contributed by atoms with E-state index in [2.05, 4.69) is 20.6 Å². The minimum Gasteiger partial charge on any atom is -0.391 e. The highest BCUT2D eigenvalue weighted by Crippen LogP contribution is 2.32. The largest absolute Gasteiger partial charge is 0.391 e. The molecule has 2 aromatic rings. The molecule has 1 amide bonds. The molecule has 20 heavy (non-hydrogen) atoms. The van der Waals surface area contributed by atoms with Gasteiger partial charge in [0, 0.05) is 18.1 Å². The maximum absolute atomic E-state index is 11.9. The van der Waals surface area contributed by atoms with Crippen LogP contribution < -0.4 is 5.32 Å². The molecule has 0 spiro atoms. The summed E-state index contributed by atoms with van der Waals surface area (Å²) < 4.78 is 1.73. The molecule has 0 radical (unpaired) electrons. The van der Waals surface area contributed by atoms with E-state index in [9.17, 15) is 9.90 Å². The molecule has 7 nitrogen and oxygen atoms in total. The number of nitrogens with one attached hydrogen (secondary N) is 2. The van der Waals surface area contributed by atoms with Crippen molar-refractivity contribution in [3.05, 3.63) is 35.9 Å². The summed E-state index contributed by atoms with van der Waals surface area (Å²) in [6, 6.07) is 1.50. The molecule has 0 aliphatic heterocycles. The van der Waals surface area contributed by atoms with Crippen molar-refractivity contribution in [3.63, 3.8) is 0 Å². The summed E-state index contributed by atoms with van der Waals surface area (Å²) in [5.74, 6) is -0.0833. The summed E-state index contributed by atoms with van der Waals surface area (Å²) in [6.45, 7) is 1.94. The monoisotopic (exact) mass is 275 g/mol. The van der Waals surface area contributed by atoms with Crippen LogP contribution in [0, 0.1) is 6.92 Å². The van der Waals surface area contributed by atoms with Crippen LogP contribution in [-0.2, 0) is 11.2 Å². The molecule has 0 unspecified atom stereocenters. The Morgan fingerprint density at radius 2 is 2.50 bits per heavy atom. The lowest BCUT2D eigenvalue weighted by atomic mass is 9.83. The lowest BCUT2D eigenvalue weighted by Crippen LogP contribution is -2.56. The molecular formula is C13H17N5O2. The van der Waals surface area contributed by atoms with E-state index in [0.29, 0.717) is 6.42 Å². The molecule has 0 saturated heterocycles. The Kier molecular flexibility index (Phi) is 3.27. The van der Waals surface area contributed by atoms with Gasteiger partial charge < -0.3 is 10.4 Å². The van der Waals surface area contributed by atoms with Crippen LogP contribution in [-0.4, -0.2) is 43.1 Å². The van der Waals surface area contributed by atoms with E-state index in [-0.39, 0.29) is 24.4 Å². The lowest BCUT2D eigenvalue weighted by molar-refractivity contribution is -0.124. The maximum Gasteiger partial charge on any atom is 0.226 e. The van der Waals surface area contributed by atoms with Crippen LogP contribution >= 0.6 is 0 Å². The van der Waals surface area contributed by atoms with Crippen LogP contribution in [0.3, 0.4) is 0 Å². The number of aliphatic hydroxyl groups excluding tert-OH is 1. The van der Waals surface area contributed by atoms with Crippen LogP contribution in [0.2, 0.25) is 0 Å². The lowest BCUT2D eigenvalue weighted by Gasteiger charge is -2.41. The smallest absolute Gasteiger partial charge is 0.226 e. The molecule has 0 bridgehead atoms. The number of hydrogen-bond acceptors (Lipinski definition) is 4. The van der Waals surface area contributed by atoms with Crippen molar-refractivity contribution in [2.24, 2.45) is 0 Å². The molecule has 1 fully saturated rings. The van der Waals surface area contributed by atoms with Gasteiger partial charge in [0.05, 0.1) is 30.8 Å². The zero-order chi connectivity index (χ0) is 14.1. The van der Waals surface area contributed by atoms with E-state index in [4.69, 9.17) is 0 Å². The second kappa shape index (κ2) is 5.09. The van der Waals surface area contributed by atoms with E-state index in [1.165, 1.54) is 0 Å². The number of H-pyrrole nitrogens is 1. The molecule has 3 rings (SSSR count). The Balaban J connectivity index is 1.61. The van der Waals surface area contributed by atoms with Gasteiger partial charge in [-0.3, -0.25) is 14.6 Å². The highest BCUT2D eigenvalue weighted by molar-refractivity contribution is 5.78. The van der Waals surface area contributed by atoms with Crippen LogP contribution in [0.15, 0.2) is 24.7 Å². The Bertz CT molecular complexity index is 592. The van der Waals surface area contributed by atoms with Gasteiger partial charge in [-0.1, -0.05) is 0 Å². The van der Waals surface area contributed by atoms with Gasteiger partial charge >= 0.3 is 0 Å². The second-order valence-corrected chi connectivity index (χ2v) is 5.22. The predicted octanol–water partition coefficient (Wildman–Crippen LogP) is -0.0522. The minimum absolute atomic E-state index is 0.0833. The zero-order valence-electron chi connectivity index (χ0n) is 11.2. The van der Waals surface area contributed by atoms with Crippen LogP contribution in [0.4, 0.5) is 0 Å². The summed E-state index contributed by atoms with van der Waals surface area (Å²) in [5, 5.41) is 23.6. The second-order valence-electron chi connectivity index (χ2n) is 5.22.